The number of aromatic nitrogens is 1. The molecule has 1 aromatic heterocycles. The van der Waals surface area contributed by atoms with Crippen LogP contribution < -0.4 is 10.6 Å². The zero-order valence-corrected chi connectivity index (χ0v) is 20.9. The first kappa shape index (κ1) is 24.2. The molecule has 2 aromatic rings. The molecule has 0 bridgehead atoms. The van der Waals surface area contributed by atoms with Gasteiger partial charge in [0.25, 0.3) is 0 Å². The SMILES string of the molecule is CCNC(=NCCc1c[nH]c2c(C)cccc12)NC1CCCC(S(=O)CC)C1.I. The van der Waals surface area contributed by atoms with Crippen LogP contribution in [0, 0.1) is 6.92 Å². The van der Waals surface area contributed by atoms with Gasteiger partial charge in [0.1, 0.15) is 0 Å². The van der Waals surface area contributed by atoms with Gasteiger partial charge < -0.3 is 15.6 Å². The van der Waals surface area contributed by atoms with Crippen LogP contribution in [-0.4, -0.2) is 45.3 Å². The average Bonchev–Trinajstić information content (AvgIpc) is 3.12. The third-order valence-corrected chi connectivity index (χ3v) is 7.37. The predicted octanol–water partition coefficient (Wildman–Crippen LogP) is 4.27. The van der Waals surface area contributed by atoms with Crippen molar-refractivity contribution in [3.8, 4) is 0 Å². The number of halogens is 1. The first-order chi connectivity index (χ1) is 13.6. The summed E-state index contributed by atoms with van der Waals surface area (Å²) in [6.07, 6.45) is 7.36. The largest absolute Gasteiger partial charge is 0.361 e. The van der Waals surface area contributed by atoms with Gasteiger partial charge in [-0.3, -0.25) is 9.20 Å². The first-order valence-electron chi connectivity index (χ1n) is 10.6. The van der Waals surface area contributed by atoms with Crippen LogP contribution in [0.15, 0.2) is 29.4 Å². The Morgan fingerprint density at radius 1 is 1.31 bits per heavy atom. The molecule has 0 amide bonds. The van der Waals surface area contributed by atoms with E-state index in [-0.39, 0.29) is 24.0 Å². The lowest BCUT2D eigenvalue weighted by Gasteiger charge is -2.30. The van der Waals surface area contributed by atoms with Crippen molar-refractivity contribution in [2.45, 2.75) is 64.2 Å². The molecule has 0 radical (unpaired) electrons. The topological polar surface area (TPSA) is 69.3 Å². The predicted molar refractivity (Wildman–Crippen MR) is 136 cm³/mol. The first-order valence-corrected chi connectivity index (χ1v) is 12.0. The summed E-state index contributed by atoms with van der Waals surface area (Å²) in [5, 5.41) is 8.58. The number of hydrogen-bond acceptors (Lipinski definition) is 2. The standard InChI is InChI=1S/C22H34N4OS.HI/c1-4-23-22(26-18-9-7-10-19(14-18)28(27)5-2)24-13-12-17-15-25-21-16(3)8-6-11-20(17)21;/h6,8,11,15,18-19,25H,4-5,7,9-10,12-14H2,1-3H3,(H2,23,24,26);1H. The normalized spacial score (nSPS) is 20.9. The van der Waals surface area contributed by atoms with Crippen molar-refractivity contribution < 1.29 is 4.21 Å². The van der Waals surface area contributed by atoms with E-state index in [2.05, 4.69) is 53.9 Å². The third-order valence-electron chi connectivity index (χ3n) is 5.63. The summed E-state index contributed by atoms with van der Waals surface area (Å²) >= 11 is 0. The molecular formula is C22H35IN4OS. The van der Waals surface area contributed by atoms with Gasteiger partial charge in [-0.2, -0.15) is 0 Å². The lowest BCUT2D eigenvalue weighted by Crippen LogP contribution is -2.46. The van der Waals surface area contributed by atoms with E-state index in [4.69, 9.17) is 4.99 Å². The van der Waals surface area contributed by atoms with E-state index in [0.717, 1.165) is 56.9 Å². The Morgan fingerprint density at radius 2 is 2.14 bits per heavy atom. The molecule has 7 heteroatoms. The molecule has 1 aromatic carbocycles. The number of fused-ring (bicyclic) bond motifs is 1. The highest BCUT2D eigenvalue weighted by Crippen LogP contribution is 2.23. The van der Waals surface area contributed by atoms with Gasteiger partial charge in [0.15, 0.2) is 5.96 Å². The van der Waals surface area contributed by atoms with Crippen LogP contribution in [0.4, 0.5) is 0 Å². The summed E-state index contributed by atoms with van der Waals surface area (Å²) in [5.41, 5.74) is 3.82. The van der Waals surface area contributed by atoms with Gasteiger partial charge in [-0.25, -0.2) is 0 Å². The fourth-order valence-corrected chi connectivity index (χ4v) is 5.47. The number of aliphatic imine (C=N–C) groups is 1. The minimum atomic E-state index is -0.698. The minimum Gasteiger partial charge on any atom is -0.361 e. The van der Waals surface area contributed by atoms with Crippen LogP contribution in [-0.2, 0) is 17.2 Å². The van der Waals surface area contributed by atoms with E-state index in [1.807, 2.05) is 6.92 Å². The highest BCUT2D eigenvalue weighted by atomic mass is 127. The van der Waals surface area contributed by atoms with Crippen LogP contribution in [0.2, 0.25) is 0 Å². The van der Waals surface area contributed by atoms with E-state index in [9.17, 15) is 4.21 Å². The van der Waals surface area contributed by atoms with E-state index < -0.39 is 10.8 Å². The quantitative estimate of drug-likeness (QED) is 0.285. The Bertz CT molecular complexity index is 835. The summed E-state index contributed by atoms with van der Waals surface area (Å²) in [6, 6.07) is 6.79. The molecular weight excluding hydrogens is 495 g/mol. The van der Waals surface area contributed by atoms with Gasteiger partial charge in [-0.1, -0.05) is 31.5 Å². The molecule has 1 fully saturated rings. The number of rotatable bonds is 7. The molecule has 3 unspecified atom stereocenters. The highest BCUT2D eigenvalue weighted by Gasteiger charge is 2.26. The number of nitrogens with one attached hydrogen (secondary N) is 3. The maximum absolute atomic E-state index is 12.2. The zero-order valence-electron chi connectivity index (χ0n) is 17.8. The van der Waals surface area contributed by atoms with Crippen molar-refractivity contribution in [1.29, 1.82) is 0 Å². The fraction of sp³-hybridized carbons (Fsp3) is 0.591. The Morgan fingerprint density at radius 3 is 2.90 bits per heavy atom. The Labute approximate surface area is 194 Å². The Balaban J connectivity index is 0.00000300. The molecule has 162 valence electrons. The molecule has 29 heavy (non-hydrogen) atoms. The monoisotopic (exact) mass is 530 g/mol. The second-order valence-corrected chi connectivity index (χ2v) is 9.63. The van der Waals surface area contributed by atoms with Gasteiger partial charge in [0, 0.05) is 58.0 Å². The summed E-state index contributed by atoms with van der Waals surface area (Å²) in [5.74, 6) is 1.64. The van der Waals surface area contributed by atoms with Crippen molar-refractivity contribution in [3.05, 3.63) is 35.5 Å². The van der Waals surface area contributed by atoms with Crippen molar-refractivity contribution >= 4 is 51.6 Å². The van der Waals surface area contributed by atoms with E-state index in [1.165, 1.54) is 22.0 Å². The zero-order chi connectivity index (χ0) is 19.9. The number of guanidine groups is 1. The lowest BCUT2D eigenvalue weighted by molar-refractivity contribution is 0.413. The number of hydrogen-bond donors (Lipinski definition) is 3. The molecule has 1 aliphatic rings. The summed E-state index contributed by atoms with van der Waals surface area (Å²) in [7, 11) is -0.698. The maximum Gasteiger partial charge on any atom is 0.191 e. The van der Waals surface area contributed by atoms with Crippen molar-refractivity contribution in [2.75, 3.05) is 18.8 Å². The highest BCUT2D eigenvalue weighted by molar-refractivity contribution is 14.0. The molecule has 0 spiro atoms. The average molecular weight is 531 g/mol. The summed E-state index contributed by atoms with van der Waals surface area (Å²) in [6.45, 7) is 7.83. The van der Waals surface area contributed by atoms with Crippen LogP contribution in [0.25, 0.3) is 10.9 Å². The minimum absolute atomic E-state index is 0. The summed E-state index contributed by atoms with van der Waals surface area (Å²) < 4.78 is 12.2. The second-order valence-electron chi connectivity index (χ2n) is 7.62. The summed E-state index contributed by atoms with van der Waals surface area (Å²) in [4.78, 5) is 8.20. The van der Waals surface area contributed by atoms with Crippen LogP contribution in [0.1, 0.15) is 50.7 Å². The van der Waals surface area contributed by atoms with E-state index in [0.29, 0.717) is 11.3 Å². The molecule has 0 aliphatic heterocycles. The number of benzene rings is 1. The molecule has 1 aliphatic carbocycles. The molecule has 1 heterocycles. The lowest BCUT2D eigenvalue weighted by atomic mass is 9.95. The molecule has 3 atom stereocenters. The van der Waals surface area contributed by atoms with Gasteiger partial charge >= 0.3 is 0 Å². The maximum atomic E-state index is 12.2. The van der Waals surface area contributed by atoms with E-state index >= 15 is 0 Å². The Kier molecular flexibility index (Phi) is 9.95. The van der Waals surface area contributed by atoms with Crippen LogP contribution >= 0.6 is 24.0 Å². The van der Waals surface area contributed by atoms with Crippen LogP contribution in [0.3, 0.4) is 0 Å². The number of para-hydroxylation sites is 1. The number of H-pyrrole nitrogens is 1. The third kappa shape index (κ3) is 6.44. The number of aryl methyl sites for hydroxylation is 1. The van der Waals surface area contributed by atoms with Crippen molar-refractivity contribution in [3.63, 3.8) is 0 Å². The van der Waals surface area contributed by atoms with Gasteiger partial charge in [0.05, 0.1) is 0 Å². The van der Waals surface area contributed by atoms with Crippen molar-refractivity contribution in [1.82, 2.24) is 15.6 Å². The molecule has 0 saturated heterocycles. The van der Waals surface area contributed by atoms with Gasteiger partial charge in [0.2, 0.25) is 0 Å². The van der Waals surface area contributed by atoms with Gasteiger partial charge in [-0.15, -0.1) is 24.0 Å². The van der Waals surface area contributed by atoms with Gasteiger partial charge in [-0.05, 0) is 50.7 Å². The number of nitrogens with zero attached hydrogens (tertiary/aromatic N) is 1. The molecule has 1 saturated carbocycles. The van der Waals surface area contributed by atoms with E-state index in [1.54, 1.807) is 0 Å². The molecule has 3 rings (SSSR count). The smallest absolute Gasteiger partial charge is 0.191 e. The molecule has 5 nitrogen and oxygen atoms in total. The van der Waals surface area contributed by atoms with Crippen molar-refractivity contribution in [2.24, 2.45) is 4.99 Å². The van der Waals surface area contributed by atoms with Crippen LogP contribution in [0.5, 0.6) is 0 Å². The molecule has 3 N–H and O–H groups in total. The Hall–Kier alpha value is -1.09. The second kappa shape index (κ2) is 11.9. The number of aromatic amines is 1. The fourth-order valence-electron chi connectivity index (χ4n) is 4.12.